The fourth-order valence-corrected chi connectivity index (χ4v) is 2.27. The van der Waals surface area contributed by atoms with Gasteiger partial charge in [0.05, 0.1) is 12.0 Å². The van der Waals surface area contributed by atoms with Crippen molar-refractivity contribution in [1.29, 1.82) is 0 Å². The minimum Gasteiger partial charge on any atom is -0.481 e. The van der Waals surface area contributed by atoms with Gasteiger partial charge in [0.25, 0.3) is 10.2 Å². The number of hydrogen-bond donors (Lipinski definition) is 2. The largest absolute Gasteiger partial charge is 0.481 e. The number of rotatable bonds is 9. The van der Waals surface area contributed by atoms with Crippen molar-refractivity contribution < 1.29 is 23.1 Å². The van der Waals surface area contributed by atoms with E-state index in [1.807, 2.05) is 6.92 Å². The lowest BCUT2D eigenvalue weighted by atomic mass is 10.1. The zero-order valence-corrected chi connectivity index (χ0v) is 12.1. The Morgan fingerprint density at radius 1 is 1.44 bits per heavy atom. The van der Waals surface area contributed by atoms with Crippen molar-refractivity contribution in [3.05, 3.63) is 0 Å². The summed E-state index contributed by atoms with van der Waals surface area (Å²) in [6, 6.07) is 0. The van der Waals surface area contributed by atoms with Crippen molar-refractivity contribution in [2.75, 3.05) is 26.7 Å². The van der Waals surface area contributed by atoms with Crippen LogP contribution in [0.4, 0.5) is 0 Å². The molecule has 18 heavy (non-hydrogen) atoms. The Hall–Kier alpha value is -0.700. The van der Waals surface area contributed by atoms with Gasteiger partial charge in [0.1, 0.15) is 0 Å². The van der Waals surface area contributed by atoms with Gasteiger partial charge in [0, 0.05) is 26.7 Å². The first kappa shape index (κ1) is 17.3. The second-order valence-corrected chi connectivity index (χ2v) is 6.35. The van der Waals surface area contributed by atoms with E-state index in [-0.39, 0.29) is 19.5 Å². The van der Waals surface area contributed by atoms with Gasteiger partial charge < -0.3 is 9.84 Å². The third-order valence-electron chi connectivity index (χ3n) is 2.27. The summed E-state index contributed by atoms with van der Waals surface area (Å²) in [4.78, 5) is 10.4. The normalized spacial score (nSPS) is 12.9. The average Bonchev–Trinajstić information content (AvgIpc) is 2.23. The van der Waals surface area contributed by atoms with Gasteiger partial charge in [0.15, 0.2) is 0 Å². The van der Waals surface area contributed by atoms with E-state index in [1.54, 1.807) is 13.8 Å². The zero-order chi connectivity index (χ0) is 14.4. The van der Waals surface area contributed by atoms with Gasteiger partial charge in [-0.3, -0.25) is 4.79 Å². The minimum absolute atomic E-state index is 0.0697. The van der Waals surface area contributed by atoms with Gasteiger partial charge in [-0.2, -0.15) is 17.4 Å². The van der Waals surface area contributed by atoms with Crippen LogP contribution in [0.3, 0.4) is 0 Å². The fraction of sp³-hybridized carbons (Fsp3) is 0.900. The van der Waals surface area contributed by atoms with E-state index in [4.69, 9.17) is 9.84 Å². The maximum absolute atomic E-state index is 11.8. The van der Waals surface area contributed by atoms with E-state index in [0.717, 1.165) is 4.31 Å². The van der Waals surface area contributed by atoms with E-state index < -0.39 is 21.8 Å². The third-order valence-corrected chi connectivity index (χ3v) is 3.78. The van der Waals surface area contributed by atoms with Crippen LogP contribution in [0.1, 0.15) is 27.2 Å². The maximum Gasteiger partial charge on any atom is 0.304 e. The highest BCUT2D eigenvalue weighted by atomic mass is 32.2. The first-order valence-electron chi connectivity index (χ1n) is 5.67. The van der Waals surface area contributed by atoms with Crippen LogP contribution in [-0.4, -0.2) is 56.1 Å². The molecule has 108 valence electrons. The van der Waals surface area contributed by atoms with Gasteiger partial charge >= 0.3 is 5.97 Å². The highest BCUT2D eigenvalue weighted by Gasteiger charge is 2.24. The van der Waals surface area contributed by atoms with Crippen molar-refractivity contribution in [2.45, 2.75) is 32.8 Å². The van der Waals surface area contributed by atoms with E-state index in [2.05, 4.69) is 4.72 Å². The number of hydrogen-bond acceptors (Lipinski definition) is 4. The summed E-state index contributed by atoms with van der Waals surface area (Å²) in [5, 5.41) is 8.50. The lowest BCUT2D eigenvalue weighted by Gasteiger charge is -2.26. The number of carbonyl (C=O) groups is 1. The van der Waals surface area contributed by atoms with E-state index in [1.165, 1.54) is 7.05 Å². The molecule has 2 N–H and O–H groups in total. The molecular formula is C10H22N2O5S. The van der Waals surface area contributed by atoms with E-state index >= 15 is 0 Å². The highest BCUT2D eigenvalue weighted by molar-refractivity contribution is 7.87. The molecule has 0 heterocycles. The molecule has 0 aliphatic rings. The predicted molar refractivity (Wildman–Crippen MR) is 67.5 cm³/mol. The Morgan fingerprint density at radius 2 is 2.00 bits per heavy atom. The molecule has 0 aromatic heterocycles. The number of nitrogens with zero attached hydrogens (tertiary/aromatic N) is 1. The Labute approximate surface area is 108 Å². The minimum atomic E-state index is -3.67. The summed E-state index contributed by atoms with van der Waals surface area (Å²) >= 11 is 0. The van der Waals surface area contributed by atoms with Crippen molar-refractivity contribution in [3.8, 4) is 0 Å². The molecular weight excluding hydrogens is 260 g/mol. The molecule has 7 nitrogen and oxygen atoms in total. The SMILES string of the molecule is CCOC(C)(C)CNS(=O)(=O)N(C)CCC(=O)O. The van der Waals surface area contributed by atoms with Crippen LogP contribution in [0.15, 0.2) is 0 Å². The summed E-state index contributed by atoms with van der Waals surface area (Å²) in [5.74, 6) is -1.04. The molecule has 0 aromatic rings. The van der Waals surface area contributed by atoms with Crippen LogP contribution in [0.25, 0.3) is 0 Å². The lowest BCUT2D eigenvalue weighted by Crippen LogP contribution is -2.46. The standard InChI is InChI=1S/C10H22N2O5S/c1-5-17-10(2,3)8-11-18(15,16)12(4)7-6-9(13)14/h11H,5-8H2,1-4H3,(H,13,14). The quantitative estimate of drug-likeness (QED) is 0.622. The molecule has 0 amide bonds. The number of carboxylic acids is 1. The van der Waals surface area contributed by atoms with Crippen LogP contribution >= 0.6 is 0 Å². The smallest absolute Gasteiger partial charge is 0.304 e. The number of ether oxygens (including phenoxy) is 1. The fourth-order valence-electron chi connectivity index (χ4n) is 1.19. The Kier molecular flexibility index (Phi) is 6.76. The van der Waals surface area contributed by atoms with Gasteiger partial charge in [-0.1, -0.05) is 0 Å². The van der Waals surface area contributed by atoms with E-state index in [0.29, 0.717) is 6.61 Å². The van der Waals surface area contributed by atoms with Crippen LogP contribution in [0, 0.1) is 0 Å². The van der Waals surface area contributed by atoms with Crippen molar-refractivity contribution >= 4 is 16.2 Å². The first-order chi connectivity index (χ1) is 8.10. The molecule has 0 rings (SSSR count). The third kappa shape index (κ3) is 6.90. The molecule has 0 atom stereocenters. The monoisotopic (exact) mass is 282 g/mol. The lowest BCUT2D eigenvalue weighted by molar-refractivity contribution is -0.137. The second-order valence-electron chi connectivity index (χ2n) is 4.48. The molecule has 0 aliphatic carbocycles. The molecule has 0 radical (unpaired) electrons. The number of aliphatic carboxylic acids is 1. The highest BCUT2D eigenvalue weighted by Crippen LogP contribution is 2.08. The van der Waals surface area contributed by atoms with Gasteiger partial charge in [0.2, 0.25) is 0 Å². The van der Waals surface area contributed by atoms with E-state index in [9.17, 15) is 13.2 Å². The van der Waals surface area contributed by atoms with Gasteiger partial charge in [-0.15, -0.1) is 0 Å². The Morgan fingerprint density at radius 3 is 2.44 bits per heavy atom. The molecule has 8 heteroatoms. The molecule has 0 saturated heterocycles. The van der Waals surface area contributed by atoms with Crippen molar-refractivity contribution in [3.63, 3.8) is 0 Å². The zero-order valence-electron chi connectivity index (χ0n) is 11.3. The van der Waals surface area contributed by atoms with Crippen LogP contribution in [0.5, 0.6) is 0 Å². The summed E-state index contributed by atoms with van der Waals surface area (Å²) in [7, 11) is -2.34. The molecule has 0 unspecified atom stereocenters. The van der Waals surface area contributed by atoms with Crippen LogP contribution in [0.2, 0.25) is 0 Å². The number of nitrogens with one attached hydrogen (secondary N) is 1. The maximum atomic E-state index is 11.8. The van der Waals surface area contributed by atoms with Crippen LogP contribution < -0.4 is 4.72 Å². The molecule has 0 aliphatic heterocycles. The summed E-state index contributed by atoms with van der Waals surface area (Å²) < 4.78 is 32.2. The molecule has 0 fully saturated rings. The Balaban J connectivity index is 4.34. The second kappa shape index (κ2) is 7.03. The Bertz CT molecular complexity index is 366. The van der Waals surface area contributed by atoms with Crippen molar-refractivity contribution in [2.24, 2.45) is 0 Å². The summed E-state index contributed by atoms with van der Waals surface area (Å²) in [5.41, 5.74) is -0.602. The first-order valence-corrected chi connectivity index (χ1v) is 7.11. The van der Waals surface area contributed by atoms with Crippen LogP contribution in [-0.2, 0) is 19.7 Å². The molecule has 0 bridgehead atoms. The van der Waals surface area contributed by atoms with Crippen molar-refractivity contribution in [1.82, 2.24) is 9.03 Å². The summed E-state index contributed by atoms with van der Waals surface area (Å²) in [6.07, 6.45) is -0.230. The molecule has 0 spiro atoms. The molecule has 0 aromatic carbocycles. The van der Waals surface area contributed by atoms with Gasteiger partial charge in [-0.05, 0) is 20.8 Å². The summed E-state index contributed by atoms with van der Waals surface area (Å²) in [6.45, 7) is 5.92. The predicted octanol–water partition coefficient (Wildman–Crippen LogP) is 0.0424. The average molecular weight is 282 g/mol. The number of carboxylic acid groups (broad SMARTS) is 1. The topological polar surface area (TPSA) is 95.9 Å². The molecule has 0 saturated carbocycles. The van der Waals surface area contributed by atoms with Gasteiger partial charge in [-0.25, -0.2) is 0 Å².